The Bertz CT molecular complexity index is 204. The van der Waals surface area contributed by atoms with Crippen molar-refractivity contribution in [2.24, 2.45) is 0 Å². The first-order chi connectivity index (χ1) is 6.84. The fourth-order valence-electron chi connectivity index (χ4n) is 1.51. The molecule has 0 bridgehead atoms. The summed E-state index contributed by atoms with van der Waals surface area (Å²) < 4.78 is 6.12. The zero-order valence-electron chi connectivity index (χ0n) is 8.89. The molecule has 1 aliphatic heterocycles. The Morgan fingerprint density at radius 3 is 2.86 bits per heavy atom. The molecular formula is C12H19IO. The number of rotatable bonds is 4. The summed E-state index contributed by atoms with van der Waals surface area (Å²) in [5.41, 5.74) is 0. The van der Waals surface area contributed by atoms with E-state index in [0.29, 0.717) is 3.92 Å². The zero-order valence-corrected chi connectivity index (χ0v) is 11.0. The van der Waals surface area contributed by atoms with Gasteiger partial charge in [-0.2, -0.15) is 0 Å². The number of hydrogen-bond donors (Lipinski definition) is 0. The first-order valence-corrected chi connectivity index (χ1v) is 6.83. The number of hydrogen-bond acceptors (Lipinski definition) is 1. The van der Waals surface area contributed by atoms with Gasteiger partial charge in [0, 0.05) is 13.0 Å². The van der Waals surface area contributed by atoms with Gasteiger partial charge in [0.15, 0.2) is 0 Å². The average Bonchev–Trinajstić information content (AvgIpc) is 2.58. The summed E-state index contributed by atoms with van der Waals surface area (Å²) >= 11 is 2.44. The Morgan fingerprint density at radius 1 is 1.36 bits per heavy atom. The fraction of sp³-hybridized carbons (Fsp3) is 0.833. The van der Waals surface area contributed by atoms with E-state index >= 15 is 0 Å². The number of halogens is 1. The molecule has 0 aliphatic carbocycles. The van der Waals surface area contributed by atoms with E-state index < -0.39 is 0 Å². The molecule has 1 heterocycles. The molecule has 14 heavy (non-hydrogen) atoms. The van der Waals surface area contributed by atoms with E-state index in [1.165, 1.54) is 25.7 Å². The third-order valence-corrected chi connectivity index (χ3v) is 3.70. The SMILES string of the molecule is CCCCCCC#C[C@@H]1OCC[C@H]1I. The smallest absolute Gasteiger partial charge is 0.129 e. The summed E-state index contributed by atoms with van der Waals surface area (Å²) in [5, 5.41) is 0. The van der Waals surface area contributed by atoms with Crippen LogP contribution in [0.25, 0.3) is 0 Å². The number of ether oxygens (including phenoxy) is 1. The molecule has 1 nitrogen and oxygen atoms in total. The van der Waals surface area contributed by atoms with E-state index in [-0.39, 0.29) is 6.10 Å². The predicted molar refractivity (Wildman–Crippen MR) is 68.7 cm³/mol. The van der Waals surface area contributed by atoms with E-state index in [2.05, 4.69) is 41.4 Å². The Balaban J connectivity index is 2.07. The monoisotopic (exact) mass is 306 g/mol. The second kappa shape index (κ2) is 7.53. The highest BCUT2D eigenvalue weighted by Gasteiger charge is 2.23. The fourth-order valence-corrected chi connectivity index (χ4v) is 2.15. The van der Waals surface area contributed by atoms with Gasteiger partial charge in [0.25, 0.3) is 0 Å². The molecule has 1 rings (SSSR count). The highest BCUT2D eigenvalue weighted by Crippen LogP contribution is 2.20. The van der Waals surface area contributed by atoms with Gasteiger partial charge >= 0.3 is 0 Å². The molecule has 1 fully saturated rings. The van der Waals surface area contributed by atoms with Crippen LogP contribution < -0.4 is 0 Å². The highest BCUT2D eigenvalue weighted by molar-refractivity contribution is 14.1. The summed E-state index contributed by atoms with van der Waals surface area (Å²) in [7, 11) is 0. The summed E-state index contributed by atoms with van der Waals surface area (Å²) in [5.74, 6) is 6.47. The summed E-state index contributed by atoms with van der Waals surface area (Å²) in [6.45, 7) is 3.13. The van der Waals surface area contributed by atoms with Crippen molar-refractivity contribution in [3.05, 3.63) is 0 Å². The van der Waals surface area contributed by atoms with Gasteiger partial charge < -0.3 is 4.74 Å². The van der Waals surface area contributed by atoms with Crippen LogP contribution in [0.2, 0.25) is 0 Å². The van der Waals surface area contributed by atoms with Crippen LogP contribution in [0.5, 0.6) is 0 Å². The van der Waals surface area contributed by atoms with E-state index in [1.54, 1.807) is 0 Å². The van der Waals surface area contributed by atoms with Gasteiger partial charge in [0.05, 0.1) is 3.92 Å². The largest absolute Gasteiger partial charge is 0.364 e. The quantitative estimate of drug-likeness (QED) is 0.334. The summed E-state index contributed by atoms with van der Waals surface area (Å²) in [6.07, 6.45) is 7.63. The van der Waals surface area contributed by atoms with Crippen LogP contribution in [-0.2, 0) is 4.74 Å². The molecule has 80 valence electrons. The van der Waals surface area contributed by atoms with Crippen molar-refractivity contribution in [3.8, 4) is 11.8 Å². The molecule has 1 saturated heterocycles. The molecule has 0 aromatic heterocycles. The number of unbranched alkanes of at least 4 members (excludes halogenated alkanes) is 4. The molecule has 0 amide bonds. The Morgan fingerprint density at radius 2 is 2.21 bits per heavy atom. The molecule has 0 aromatic carbocycles. The van der Waals surface area contributed by atoms with E-state index in [4.69, 9.17) is 4.74 Å². The van der Waals surface area contributed by atoms with Crippen molar-refractivity contribution in [1.29, 1.82) is 0 Å². The lowest BCUT2D eigenvalue weighted by molar-refractivity contribution is 0.155. The van der Waals surface area contributed by atoms with Crippen molar-refractivity contribution >= 4 is 22.6 Å². The molecule has 1 aliphatic rings. The van der Waals surface area contributed by atoms with Crippen LogP contribution in [0.1, 0.15) is 45.4 Å². The molecule has 0 unspecified atom stereocenters. The Hall–Kier alpha value is 0.250. The second-order valence-corrected chi connectivity index (χ2v) is 5.33. The van der Waals surface area contributed by atoms with Crippen LogP contribution in [0.3, 0.4) is 0 Å². The van der Waals surface area contributed by atoms with Crippen LogP contribution >= 0.6 is 22.6 Å². The summed E-state index contributed by atoms with van der Waals surface area (Å²) in [4.78, 5) is 0. The average molecular weight is 306 g/mol. The molecule has 0 spiro atoms. The van der Waals surface area contributed by atoms with E-state index in [9.17, 15) is 0 Å². The molecule has 2 heteroatoms. The molecule has 0 aromatic rings. The molecule has 2 atom stereocenters. The van der Waals surface area contributed by atoms with Gasteiger partial charge in [-0.15, -0.1) is 5.92 Å². The van der Waals surface area contributed by atoms with Crippen LogP contribution in [-0.4, -0.2) is 16.6 Å². The van der Waals surface area contributed by atoms with Crippen LogP contribution in [0.15, 0.2) is 0 Å². The van der Waals surface area contributed by atoms with Gasteiger partial charge in [-0.1, -0.05) is 54.7 Å². The topological polar surface area (TPSA) is 9.23 Å². The number of alkyl halides is 1. The van der Waals surface area contributed by atoms with Crippen molar-refractivity contribution in [3.63, 3.8) is 0 Å². The predicted octanol–water partition coefficient (Wildman–Crippen LogP) is 3.55. The van der Waals surface area contributed by atoms with Gasteiger partial charge in [-0.3, -0.25) is 0 Å². The van der Waals surface area contributed by atoms with E-state index in [0.717, 1.165) is 19.4 Å². The lowest BCUT2D eigenvalue weighted by atomic mass is 10.1. The Kier molecular flexibility index (Phi) is 6.63. The normalized spacial score (nSPS) is 25.9. The highest BCUT2D eigenvalue weighted by atomic mass is 127. The van der Waals surface area contributed by atoms with Gasteiger partial charge in [0.2, 0.25) is 0 Å². The first kappa shape index (κ1) is 12.3. The third-order valence-electron chi connectivity index (χ3n) is 2.42. The minimum absolute atomic E-state index is 0.210. The van der Waals surface area contributed by atoms with Gasteiger partial charge in [-0.25, -0.2) is 0 Å². The van der Waals surface area contributed by atoms with Crippen molar-refractivity contribution in [2.45, 2.75) is 55.5 Å². The van der Waals surface area contributed by atoms with Crippen molar-refractivity contribution in [1.82, 2.24) is 0 Å². The maximum Gasteiger partial charge on any atom is 0.129 e. The Labute approximate surface area is 101 Å². The standard InChI is InChI=1S/C12H19IO/c1-2-3-4-5-6-7-8-12-11(13)9-10-14-12/h11-12H,2-6,9-10H2,1H3/t11-,12+/m1/s1. The van der Waals surface area contributed by atoms with Gasteiger partial charge in [-0.05, 0) is 12.8 Å². The van der Waals surface area contributed by atoms with Gasteiger partial charge in [0.1, 0.15) is 6.10 Å². The second-order valence-electron chi connectivity index (χ2n) is 3.73. The maximum atomic E-state index is 5.51. The van der Waals surface area contributed by atoms with Crippen molar-refractivity contribution in [2.75, 3.05) is 6.61 Å². The molecule has 0 N–H and O–H groups in total. The molecular weight excluding hydrogens is 287 g/mol. The van der Waals surface area contributed by atoms with E-state index in [1.807, 2.05) is 0 Å². The first-order valence-electron chi connectivity index (χ1n) is 5.58. The van der Waals surface area contributed by atoms with Crippen LogP contribution in [0, 0.1) is 11.8 Å². The van der Waals surface area contributed by atoms with Crippen molar-refractivity contribution < 1.29 is 4.74 Å². The minimum Gasteiger partial charge on any atom is -0.364 e. The van der Waals surface area contributed by atoms with Crippen LogP contribution in [0.4, 0.5) is 0 Å². The minimum atomic E-state index is 0.210. The summed E-state index contributed by atoms with van der Waals surface area (Å²) in [6, 6.07) is 0. The lowest BCUT2D eigenvalue weighted by Crippen LogP contribution is -2.11. The lowest BCUT2D eigenvalue weighted by Gasteiger charge is -2.03. The third kappa shape index (κ3) is 4.65. The molecule has 0 saturated carbocycles. The molecule has 0 radical (unpaired) electrons. The maximum absolute atomic E-state index is 5.51. The zero-order chi connectivity index (χ0) is 10.2.